The Hall–Kier alpha value is -1.86. The average molecular weight is 377 g/mol. The average Bonchev–Trinajstić information content (AvgIpc) is 2.96. The number of aromatic nitrogens is 2. The predicted molar refractivity (Wildman–Crippen MR) is 93.3 cm³/mol. The van der Waals surface area contributed by atoms with Gasteiger partial charge in [-0.1, -0.05) is 22.0 Å². The third kappa shape index (κ3) is 3.15. The Kier molecular flexibility index (Phi) is 4.17. The topological polar surface area (TPSA) is 59.3 Å². The van der Waals surface area contributed by atoms with Crippen LogP contribution in [0.2, 0.25) is 0 Å². The number of aryl methyl sites for hydroxylation is 1. The van der Waals surface area contributed by atoms with Crippen LogP contribution in [0.1, 0.15) is 11.3 Å². The number of thioether (sulfide) groups is 1. The first-order valence-electron chi connectivity index (χ1n) is 6.56. The van der Waals surface area contributed by atoms with E-state index in [1.54, 1.807) is 10.9 Å². The van der Waals surface area contributed by atoms with Crippen LogP contribution < -0.4 is 5.32 Å². The molecule has 0 unspecified atom stereocenters. The molecule has 22 heavy (non-hydrogen) atoms. The Morgan fingerprint density at radius 1 is 1.45 bits per heavy atom. The van der Waals surface area contributed by atoms with Crippen molar-refractivity contribution in [2.45, 2.75) is 6.92 Å². The quantitative estimate of drug-likeness (QED) is 0.860. The van der Waals surface area contributed by atoms with Gasteiger partial charge in [0.25, 0.3) is 5.24 Å². The van der Waals surface area contributed by atoms with Gasteiger partial charge in [-0.2, -0.15) is 5.10 Å². The molecule has 0 spiro atoms. The molecule has 0 radical (unpaired) electrons. The first kappa shape index (κ1) is 15.1. The van der Waals surface area contributed by atoms with Crippen molar-refractivity contribution in [3.63, 3.8) is 0 Å². The van der Waals surface area contributed by atoms with Crippen LogP contribution in [0.25, 0.3) is 6.08 Å². The van der Waals surface area contributed by atoms with Crippen molar-refractivity contribution in [3.8, 4) is 0 Å². The summed E-state index contributed by atoms with van der Waals surface area (Å²) >= 11 is 4.56. The Bertz CT molecular complexity index is 810. The maximum atomic E-state index is 11.7. The van der Waals surface area contributed by atoms with Crippen LogP contribution in [0.15, 0.2) is 44.8 Å². The molecule has 0 bridgehead atoms. The van der Waals surface area contributed by atoms with Crippen molar-refractivity contribution >= 4 is 50.5 Å². The van der Waals surface area contributed by atoms with Crippen LogP contribution in [-0.2, 0) is 7.05 Å². The fourth-order valence-corrected chi connectivity index (χ4v) is 3.10. The lowest BCUT2D eigenvalue weighted by Gasteiger charge is -2.00. The highest BCUT2D eigenvalue weighted by atomic mass is 79.9. The van der Waals surface area contributed by atoms with E-state index in [2.05, 4.69) is 31.3 Å². The van der Waals surface area contributed by atoms with Crippen LogP contribution in [0.5, 0.6) is 0 Å². The summed E-state index contributed by atoms with van der Waals surface area (Å²) in [6.07, 6.45) is 3.71. The van der Waals surface area contributed by atoms with Gasteiger partial charge in [0.05, 0.1) is 16.8 Å². The number of nitrogens with one attached hydrogen (secondary N) is 1. The lowest BCUT2D eigenvalue weighted by Crippen LogP contribution is -2.18. The number of hydrogen-bond donors (Lipinski definition) is 1. The lowest BCUT2D eigenvalue weighted by atomic mass is 10.2. The smallest absolute Gasteiger partial charge is 0.289 e. The van der Waals surface area contributed by atoms with Crippen molar-refractivity contribution in [1.29, 1.82) is 0 Å². The highest BCUT2D eigenvalue weighted by Crippen LogP contribution is 2.29. The zero-order valence-corrected chi connectivity index (χ0v) is 14.4. The zero-order valence-electron chi connectivity index (χ0n) is 12.0. The largest absolute Gasteiger partial charge is 0.300 e. The van der Waals surface area contributed by atoms with Gasteiger partial charge in [0, 0.05) is 22.8 Å². The Morgan fingerprint density at radius 3 is 2.95 bits per heavy atom. The second-order valence-electron chi connectivity index (χ2n) is 4.77. The molecule has 2 heterocycles. The van der Waals surface area contributed by atoms with Gasteiger partial charge >= 0.3 is 0 Å². The van der Waals surface area contributed by atoms with E-state index in [9.17, 15) is 4.79 Å². The van der Waals surface area contributed by atoms with Gasteiger partial charge in [-0.05, 0) is 43.0 Å². The fraction of sp³-hybridized carbons (Fsp3) is 0.133. The van der Waals surface area contributed by atoms with Crippen molar-refractivity contribution in [2.24, 2.45) is 12.0 Å². The van der Waals surface area contributed by atoms with E-state index in [0.29, 0.717) is 5.84 Å². The first-order valence-corrected chi connectivity index (χ1v) is 8.17. The number of carbonyl (C=O) groups excluding carboxylic acids is 1. The van der Waals surface area contributed by atoms with Crippen LogP contribution in [-0.4, -0.2) is 20.9 Å². The normalized spacial score (nSPS) is 18.2. The molecule has 7 heteroatoms. The number of hydrogen-bond acceptors (Lipinski definition) is 4. The number of carbonyl (C=O) groups is 1. The molecular formula is C15H13BrN4OS. The molecule has 1 aromatic carbocycles. The summed E-state index contributed by atoms with van der Waals surface area (Å²) < 4.78 is 2.74. The van der Waals surface area contributed by atoms with Crippen LogP contribution in [0, 0.1) is 6.92 Å². The van der Waals surface area contributed by atoms with E-state index in [-0.39, 0.29) is 5.24 Å². The highest BCUT2D eigenvalue weighted by molar-refractivity contribution is 9.10. The second kappa shape index (κ2) is 6.10. The summed E-state index contributed by atoms with van der Waals surface area (Å²) in [5.74, 6) is 0.566. The van der Waals surface area contributed by atoms with E-state index in [0.717, 1.165) is 38.1 Å². The molecule has 0 aliphatic carbocycles. The third-order valence-electron chi connectivity index (χ3n) is 3.27. The molecule has 1 aliphatic rings. The first-order chi connectivity index (χ1) is 10.5. The molecule has 2 aromatic rings. The Balaban J connectivity index is 1.99. The molecule has 0 atom stereocenters. The Labute approximate surface area is 140 Å². The van der Waals surface area contributed by atoms with Gasteiger partial charge < -0.3 is 5.32 Å². The molecule has 1 N–H and O–H groups in total. The number of amides is 1. The van der Waals surface area contributed by atoms with Crippen LogP contribution >= 0.6 is 27.7 Å². The molecule has 112 valence electrons. The fourth-order valence-electron chi connectivity index (χ4n) is 1.99. The maximum absolute atomic E-state index is 11.7. The van der Waals surface area contributed by atoms with Gasteiger partial charge in [0.1, 0.15) is 5.84 Å². The lowest BCUT2D eigenvalue weighted by molar-refractivity contribution is 0.265. The number of rotatable bonds is 2. The number of benzene rings is 1. The molecule has 5 nitrogen and oxygen atoms in total. The van der Waals surface area contributed by atoms with Crippen LogP contribution in [0.3, 0.4) is 0 Å². The number of halogens is 1. The highest BCUT2D eigenvalue weighted by Gasteiger charge is 2.24. The van der Waals surface area contributed by atoms with E-state index in [1.807, 2.05) is 44.3 Å². The SMILES string of the molecule is Cc1c(/C=C2\SC(=O)NC2=Nc2cccc(Br)c2)cnn1C. The predicted octanol–water partition coefficient (Wildman–Crippen LogP) is 4.02. The molecule has 1 saturated heterocycles. The van der Waals surface area contributed by atoms with Gasteiger partial charge in [-0.25, -0.2) is 4.99 Å². The number of aliphatic imine (C=N–C) groups is 1. The molecule has 1 amide bonds. The minimum atomic E-state index is -0.124. The van der Waals surface area contributed by atoms with E-state index >= 15 is 0 Å². The summed E-state index contributed by atoms with van der Waals surface area (Å²) in [5, 5.41) is 6.87. The van der Waals surface area contributed by atoms with Crippen molar-refractivity contribution in [1.82, 2.24) is 15.1 Å². The van der Waals surface area contributed by atoms with Gasteiger partial charge in [0.15, 0.2) is 0 Å². The summed E-state index contributed by atoms with van der Waals surface area (Å²) in [4.78, 5) is 17.0. The molecule has 1 aliphatic heterocycles. The molecule has 3 rings (SSSR count). The Morgan fingerprint density at radius 2 is 2.27 bits per heavy atom. The van der Waals surface area contributed by atoms with Crippen molar-refractivity contribution in [2.75, 3.05) is 0 Å². The van der Waals surface area contributed by atoms with Crippen LogP contribution in [0.4, 0.5) is 10.5 Å². The standard InChI is InChI=1S/C15H13BrN4OS/c1-9-10(8-17-20(9)2)6-13-14(19-15(21)22-13)18-12-5-3-4-11(16)7-12/h3-8H,1-2H3,(H,18,19,21)/b13-6-. The van der Waals surface area contributed by atoms with Gasteiger partial charge in [-0.3, -0.25) is 9.48 Å². The summed E-state index contributed by atoms with van der Waals surface area (Å²) in [6.45, 7) is 1.99. The van der Waals surface area contributed by atoms with E-state index in [1.165, 1.54) is 0 Å². The van der Waals surface area contributed by atoms with Crippen molar-refractivity contribution in [3.05, 3.63) is 51.1 Å². The second-order valence-corrected chi connectivity index (χ2v) is 6.70. The zero-order chi connectivity index (χ0) is 15.7. The molecule has 1 fully saturated rings. The molecule has 1 aromatic heterocycles. The monoisotopic (exact) mass is 376 g/mol. The minimum Gasteiger partial charge on any atom is -0.300 e. The summed E-state index contributed by atoms with van der Waals surface area (Å²) in [6, 6.07) is 7.62. The summed E-state index contributed by atoms with van der Waals surface area (Å²) in [7, 11) is 1.89. The van der Waals surface area contributed by atoms with Crippen molar-refractivity contribution < 1.29 is 4.79 Å². The van der Waals surface area contributed by atoms with Gasteiger partial charge in [0.2, 0.25) is 0 Å². The molecule has 0 saturated carbocycles. The van der Waals surface area contributed by atoms with E-state index in [4.69, 9.17) is 0 Å². The number of nitrogens with zero attached hydrogens (tertiary/aromatic N) is 3. The maximum Gasteiger partial charge on any atom is 0.289 e. The third-order valence-corrected chi connectivity index (χ3v) is 4.58. The number of amidine groups is 1. The van der Waals surface area contributed by atoms with Gasteiger partial charge in [-0.15, -0.1) is 0 Å². The van der Waals surface area contributed by atoms with E-state index < -0.39 is 0 Å². The molecular weight excluding hydrogens is 364 g/mol. The summed E-state index contributed by atoms with van der Waals surface area (Å²) in [5.41, 5.74) is 2.79. The minimum absolute atomic E-state index is 0.124.